The number of rotatable bonds is 5. The topological polar surface area (TPSA) is 38.7 Å². The molecule has 20 heavy (non-hydrogen) atoms. The molecule has 0 amide bonds. The van der Waals surface area contributed by atoms with Crippen molar-refractivity contribution in [3.63, 3.8) is 0 Å². The van der Waals surface area contributed by atoms with Crippen molar-refractivity contribution in [2.45, 2.75) is 46.8 Å². The Morgan fingerprint density at radius 2 is 1.50 bits per heavy atom. The molecule has 0 heterocycles. The molecule has 1 aromatic rings. The van der Waals surface area contributed by atoms with E-state index in [9.17, 15) is 4.89 Å². The molecule has 0 aliphatic heterocycles. The molecule has 0 spiro atoms. The summed E-state index contributed by atoms with van der Waals surface area (Å²) in [6.07, 6.45) is 3.93. The molecule has 1 rings (SSSR count). The third-order valence-corrected chi connectivity index (χ3v) is 3.74. The van der Waals surface area contributed by atoms with Crippen LogP contribution in [0.4, 0.5) is 0 Å². The number of allylic oxidation sites excluding steroid dienone is 1. The van der Waals surface area contributed by atoms with Crippen molar-refractivity contribution >= 4 is 24.6 Å². The van der Waals surface area contributed by atoms with Gasteiger partial charge < -0.3 is 13.9 Å². The van der Waals surface area contributed by atoms with Crippen LogP contribution in [0.3, 0.4) is 0 Å². The fourth-order valence-electron chi connectivity index (χ4n) is 1.31. The largest absolute Gasteiger partial charge is 0.325 e. The first-order valence-electron chi connectivity index (χ1n) is 6.64. The zero-order chi connectivity index (χ0) is 15.6. The van der Waals surface area contributed by atoms with Crippen LogP contribution < -0.4 is 0 Å². The summed E-state index contributed by atoms with van der Waals surface area (Å²) in [6.45, 7) is 6.28. The summed E-state index contributed by atoms with van der Waals surface area (Å²) in [5, 5.41) is 0. The van der Waals surface area contributed by atoms with E-state index in [2.05, 4.69) is 18.2 Å². The third kappa shape index (κ3) is 11.3. The molecule has 0 saturated heterocycles. The molecule has 0 aliphatic rings. The molecule has 1 aromatic carbocycles. The zero-order valence-electron chi connectivity index (χ0n) is 12.8. The Labute approximate surface area is 127 Å². The highest BCUT2D eigenvalue weighted by Gasteiger charge is 2.18. The van der Waals surface area contributed by atoms with Crippen LogP contribution in [0.1, 0.15) is 40.2 Å². The summed E-state index contributed by atoms with van der Waals surface area (Å²) in [5.74, 6) is 0. The van der Waals surface area contributed by atoms with Gasteiger partial charge in [0, 0.05) is 0 Å². The van der Waals surface area contributed by atoms with Gasteiger partial charge >= 0.3 is 6.72 Å². The van der Waals surface area contributed by atoms with Gasteiger partial charge in [0.05, 0.1) is 12.2 Å². The van der Waals surface area contributed by atoms with Gasteiger partial charge in [0.25, 0.3) is 0 Å². The molecule has 0 aliphatic carbocycles. The second-order valence-electron chi connectivity index (χ2n) is 4.69. The van der Waals surface area contributed by atoms with Crippen molar-refractivity contribution < 1.29 is 13.9 Å². The Morgan fingerprint density at radius 1 is 1.05 bits per heavy atom. The first kappa shape index (κ1) is 19.5. The number of hydrogen-bond donors (Lipinski definition) is 1. The molecule has 0 unspecified atom stereocenters. The molecule has 0 bridgehead atoms. The Kier molecular flexibility index (Phi) is 9.99. The summed E-state index contributed by atoms with van der Waals surface area (Å²) < 4.78 is 10.0. The Morgan fingerprint density at radius 3 is 1.85 bits per heavy atom. The van der Waals surface area contributed by atoms with Crippen LogP contribution >= 0.6 is 6.72 Å². The van der Waals surface area contributed by atoms with E-state index in [1.165, 1.54) is 5.56 Å². The summed E-state index contributed by atoms with van der Waals surface area (Å²) in [7, 11) is 0. The van der Waals surface area contributed by atoms with Gasteiger partial charge in [-0.1, -0.05) is 42.5 Å². The second-order valence-corrected chi connectivity index (χ2v) is 7.43. The molecule has 0 saturated carbocycles. The Bertz CT molecular complexity index is 416. The van der Waals surface area contributed by atoms with E-state index in [0.29, 0.717) is 0 Å². The smallest absolute Gasteiger partial charge is 0.324 e. The maximum Gasteiger partial charge on any atom is 0.325 e. The zero-order valence-corrected chi connectivity index (χ0v) is 14.5. The predicted octanol–water partition coefficient (Wildman–Crippen LogP) is 4.77. The third-order valence-electron chi connectivity index (χ3n) is 1.85. The van der Waals surface area contributed by atoms with E-state index in [-0.39, 0.29) is 12.2 Å². The van der Waals surface area contributed by atoms with Gasteiger partial charge in [-0.05, 0) is 52.0 Å². The van der Waals surface area contributed by atoms with E-state index < -0.39 is 6.72 Å². The van der Waals surface area contributed by atoms with E-state index in [0.717, 1.165) is 0 Å². The summed E-state index contributed by atoms with van der Waals surface area (Å²) in [6, 6.07) is 10.3. The van der Waals surface area contributed by atoms with Gasteiger partial charge in [-0.2, -0.15) is 0 Å². The fraction of sp³-hybridized carbons (Fsp3) is 0.467. The molecule has 114 valence electrons. The molecular formula is C15H25O3PS. The minimum Gasteiger partial charge on any atom is -0.324 e. The number of benzene rings is 1. The van der Waals surface area contributed by atoms with Crippen molar-refractivity contribution in [3.05, 3.63) is 42.0 Å². The van der Waals surface area contributed by atoms with E-state index in [1.807, 2.05) is 31.2 Å². The normalized spacial score (nSPS) is 11.8. The summed E-state index contributed by atoms with van der Waals surface area (Å²) >= 11 is 4.72. The van der Waals surface area contributed by atoms with Crippen LogP contribution in [0.15, 0.2) is 36.4 Å². The highest BCUT2D eigenvalue weighted by Crippen LogP contribution is 2.45. The van der Waals surface area contributed by atoms with Gasteiger partial charge in [-0.25, -0.2) is 0 Å². The van der Waals surface area contributed by atoms with Gasteiger partial charge in [0.1, 0.15) is 0 Å². The van der Waals surface area contributed by atoms with Crippen LogP contribution in [0.5, 0.6) is 0 Å². The minimum absolute atomic E-state index is 0.0930. The van der Waals surface area contributed by atoms with Crippen LogP contribution in [0.2, 0.25) is 0 Å². The van der Waals surface area contributed by atoms with Gasteiger partial charge in [-0.15, -0.1) is 0 Å². The average molecular weight is 316 g/mol. The lowest BCUT2D eigenvalue weighted by molar-refractivity contribution is 0.136. The average Bonchev–Trinajstić information content (AvgIpc) is 2.27. The molecule has 0 fully saturated rings. The van der Waals surface area contributed by atoms with Crippen LogP contribution in [0.25, 0.3) is 6.08 Å². The SMILES string of the molecule is C/C=C/c1ccccc1.CC(C)OP(O)(=S)OC(C)C. The van der Waals surface area contributed by atoms with Crippen LogP contribution in [0, 0.1) is 0 Å². The lowest BCUT2D eigenvalue weighted by atomic mass is 10.2. The first-order chi connectivity index (χ1) is 9.26. The van der Waals surface area contributed by atoms with E-state index >= 15 is 0 Å². The maximum atomic E-state index is 9.34. The molecule has 0 radical (unpaired) electrons. The fourth-order valence-corrected chi connectivity index (χ4v) is 3.46. The van der Waals surface area contributed by atoms with E-state index in [4.69, 9.17) is 20.9 Å². The van der Waals surface area contributed by atoms with Crippen molar-refractivity contribution in [1.29, 1.82) is 0 Å². The molecule has 0 atom stereocenters. The lowest BCUT2D eigenvalue weighted by Gasteiger charge is -2.19. The van der Waals surface area contributed by atoms with Crippen molar-refractivity contribution in [2.75, 3.05) is 0 Å². The Balaban J connectivity index is 0.000000367. The minimum atomic E-state index is -2.97. The standard InChI is InChI=1S/C9H10.C6H15O3PS/c1-2-6-9-7-4-3-5-8-9;1-5(2)8-10(7,11)9-6(3)4/h2-8H,1H3;5-6H,1-4H3,(H,7,11)/b6-2+;. The van der Waals surface area contributed by atoms with Gasteiger partial charge in [0.2, 0.25) is 0 Å². The highest BCUT2D eigenvalue weighted by molar-refractivity contribution is 8.07. The van der Waals surface area contributed by atoms with Crippen molar-refractivity contribution in [2.24, 2.45) is 0 Å². The molecule has 3 nitrogen and oxygen atoms in total. The second kappa shape index (κ2) is 10.3. The quantitative estimate of drug-likeness (QED) is 0.794. The van der Waals surface area contributed by atoms with Crippen molar-refractivity contribution in [1.82, 2.24) is 0 Å². The van der Waals surface area contributed by atoms with Gasteiger partial charge in [0.15, 0.2) is 0 Å². The first-order valence-corrected chi connectivity index (χ1v) is 9.23. The monoisotopic (exact) mass is 316 g/mol. The molecule has 5 heteroatoms. The highest BCUT2D eigenvalue weighted by atomic mass is 32.5. The van der Waals surface area contributed by atoms with Crippen molar-refractivity contribution in [3.8, 4) is 0 Å². The summed E-state index contributed by atoms with van der Waals surface area (Å²) in [5.41, 5.74) is 1.26. The van der Waals surface area contributed by atoms with Crippen LogP contribution in [-0.4, -0.2) is 17.1 Å². The van der Waals surface area contributed by atoms with E-state index in [1.54, 1.807) is 27.7 Å². The summed E-state index contributed by atoms with van der Waals surface area (Å²) in [4.78, 5) is 9.34. The molecule has 1 N–H and O–H groups in total. The Hall–Kier alpha value is -0.510. The predicted molar refractivity (Wildman–Crippen MR) is 90.1 cm³/mol. The lowest BCUT2D eigenvalue weighted by Crippen LogP contribution is -2.06. The molecule has 0 aromatic heterocycles. The molecular weight excluding hydrogens is 291 g/mol. The van der Waals surface area contributed by atoms with Crippen LogP contribution in [-0.2, 0) is 20.9 Å². The van der Waals surface area contributed by atoms with Gasteiger partial charge in [-0.3, -0.25) is 0 Å². The maximum absolute atomic E-state index is 9.34. The number of hydrogen-bond acceptors (Lipinski definition) is 3.